The molecule has 3 aliphatic rings. The summed E-state index contributed by atoms with van der Waals surface area (Å²) in [5.41, 5.74) is 5.01. The molecule has 3 rings (SSSR count). The van der Waals surface area contributed by atoms with Crippen molar-refractivity contribution in [3.05, 3.63) is 0 Å². The highest BCUT2D eigenvalue weighted by atomic mass is 32.2. The number of rotatable bonds is 0. The first-order valence-corrected chi connectivity index (χ1v) is 12.7. The number of hydrogen-bond acceptors (Lipinski definition) is 6. The summed E-state index contributed by atoms with van der Waals surface area (Å²) in [6, 6.07) is 0.544. The molecule has 164 valence electrons. The largest absolute Gasteiger partial charge is 0.285 e. The lowest BCUT2D eigenvalue weighted by molar-refractivity contribution is 0.349. The van der Waals surface area contributed by atoms with Crippen molar-refractivity contribution in [2.45, 2.75) is 81.0 Å². The standard InChI is InChI=1S/3C7H13NS.CH4/c1-7(2,3)6-4-9-5-8-6;1-7(2,3)6-4-8-5-9-6;1-7(2,3)6-8-4-5-9-6;/h2*5-6H,4H2,1-3H3;4-5H2,1-3H3;1H4. The lowest BCUT2D eigenvalue weighted by atomic mass is 9.88. The average Bonchev–Trinajstić information content (AvgIpc) is 3.28. The number of aliphatic imine (C=N–C) groups is 3. The van der Waals surface area contributed by atoms with Gasteiger partial charge >= 0.3 is 0 Å². The van der Waals surface area contributed by atoms with Crippen LogP contribution in [-0.2, 0) is 0 Å². The molecule has 0 N–H and O–H groups in total. The molecule has 0 saturated carbocycles. The molecule has 6 heteroatoms. The van der Waals surface area contributed by atoms with Crippen LogP contribution < -0.4 is 0 Å². The molecular weight excluding hydrogens is 402 g/mol. The minimum atomic E-state index is 0. The summed E-state index contributed by atoms with van der Waals surface area (Å²) in [7, 11) is 0. The molecular formula is C22H43N3S3. The Kier molecular flexibility index (Phi) is 12.1. The van der Waals surface area contributed by atoms with Crippen molar-refractivity contribution in [1.29, 1.82) is 0 Å². The van der Waals surface area contributed by atoms with Crippen LogP contribution in [0.5, 0.6) is 0 Å². The van der Waals surface area contributed by atoms with Crippen LogP contribution in [0.2, 0.25) is 0 Å². The van der Waals surface area contributed by atoms with Gasteiger partial charge in [0.05, 0.1) is 28.7 Å². The second-order valence-corrected chi connectivity index (χ2v) is 13.2. The normalized spacial score (nSPS) is 24.0. The van der Waals surface area contributed by atoms with Crippen molar-refractivity contribution in [3.8, 4) is 0 Å². The Morgan fingerprint density at radius 3 is 1.79 bits per heavy atom. The Balaban J connectivity index is 0.000000384. The third-order valence-electron chi connectivity index (χ3n) is 4.33. The molecule has 0 saturated heterocycles. The van der Waals surface area contributed by atoms with Crippen molar-refractivity contribution in [2.75, 3.05) is 24.6 Å². The first-order valence-electron chi connectivity index (χ1n) is 9.76. The monoisotopic (exact) mass is 445 g/mol. The first-order chi connectivity index (χ1) is 12.3. The second-order valence-electron chi connectivity index (χ2n) is 10.2. The number of nitrogens with zero attached hydrogens (tertiary/aromatic N) is 3. The molecule has 28 heavy (non-hydrogen) atoms. The molecule has 0 aromatic carbocycles. The number of thioether (sulfide) groups is 3. The molecule has 0 bridgehead atoms. The fraction of sp³-hybridized carbons (Fsp3) is 0.864. The van der Waals surface area contributed by atoms with Gasteiger partial charge in [-0.1, -0.05) is 69.7 Å². The Morgan fingerprint density at radius 2 is 1.57 bits per heavy atom. The second kappa shape index (κ2) is 12.0. The zero-order valence-corrected chi connectivity index (χ0v) is 21.2. The van der Waals surface area contributed by atoms with Crippen LogP contribution in [0.1, 0.15) is 69.7 Å². The highest BCUT2D eigenvalue weighted by Gasteiger charge is 2.26. The fourth-order valence-electron chi connectivity index (χ4n) is 2.33. The molecule has 0 aliphatic carbocycles. The zero-order chi connectivity index (χ0) is 20.7. The molecule has 2 unspecified atom stereocenters. The molecule has 3 heterocycles. The van der Waals surface area contributed by atoms with E-state index in [1.807, 2.05) is 46.4 Å². The number of hydrogen-bond donors (Lipinski definition) is 0. The third kappa shape index (κ3) is 10.7. The van der Waals surface area contributed by atoms with Crippen LogP contribution in [0.25, 0.3) is 0 Å². The topological polar surface area (TPSA) is 37.1 Å². The Labute approximate surface area is 187 Å². The van der Waals surface area contributed by atoms with E-state index in [2.05, 4.69) is 77.3 Å². The van der Waals surface area contributed by atoms with E-state index < -0.39 is 0 Å². The van der Waals surface area contributed by atoms with E-state index in [1.165, 1.54) is 16.5 Å². The van der Waals surface area contributed by atoms with E-state index in [9.17, 15) is 0 Å². The predicted molar refractivity (Wildman–Crippen MR) is 139 cm³/mol. The Morgan fingerprint density at radius 1 is 0.929 bits per heavy atom. The van der Waals surface area contributed by atoms with Gasteiger partial charge in [-0.05, 0) is 10.8 Å². The van der Waals surface area contributed by atoms with E-state index >= 15 is 0 Å². The highest BCUT2D eigenvalue weighted by Crippen LogP contribution is 2.32. The van der Waals surface area contributed by atoms with Crippen LogP contribution in [0.4, 0.5) is 0 Å². The summed E-state index contributed by atoms with van der Waals surface area (Å²) in [5, 5.41) is 2.03. The van der Waals surface area contributed by atoms with Crippen molar-refractivity contribution < 1.29 is 0 Å². The molecule has 0 aromatic rings. The van der Waals surface area contributed by atoms with E-state index in [0.717, 1.165) is 13.1 Å². The quantitative estimate of drug-likeness (QED) is 0.396. The van der Waals surface area contributed by atoms with E-state index in [0.29, 0.717) is 27.5 Å². The van der Waals surface area contributed by atoms with Crippen molar-refractivity contribution in [1.82, 2.24) is 0 Å². The molecule has 0 radical (unpaired) electrons. The van der Waals surface area contributed by atoms with E-state index in [4.69, 9.17) is 0 Å². The summed E-state index contributed by atoms with van der Waals surface area (Å²) < 4.78 is 0. The molecule has 2 atom stereocenters. The molecule has 3 nitrogen and oxygen atoms in total. The molecule has 0 aromatic heterocycles. The maximum atomic E-state index is 4.39. The summed E-state index contributed by atoms with van der Waals surface area (Å²) >= 11 is 5.57. The van der Waals surface area contributed by atoms with Crippen molar-refractivity contribution in [3.63, 3.8) is 0 Å². The van der Waals surface area contributed by atoms with Crippen LogP contribution >= 0.6 is 35.3 Å². The molecule has 0 spiro atoms. The van der Waals surface area contributed by atoms with Gasteiger partial charge in [-0.25, -0.2) is 0 Å². The van der Waals surface area contributed by atoms with E-state index in [1.54, 1.807) is 0 Å². The Hall–Kier alpha value is 0.0600. The fourth-order valence-corrected chi connectivity index (χ4v) is 5.31. The zero-order valence-electron chi connectivity index (χ0n) is 18.7. The maximum Gasteiger partial charge on any atom is 0.0730 e. The van der Waals surface area contributed by atoms with Crippen LogP contribution in [0.3, 0.4) is 0 Å². The van der Waals surface area contributed by atoms with Gasteiger partial charge in [0, 0.05) is 28.7 Å². The van der Waals surface area contributed by atoms with Gasteiger partial charge in [-0.3, -0.25) is 15.0 Å². The SMILES string of the molecule is C.CC(C)(C)C1=NCCS1.CC(C)(C)C1CN=CS1.CC(C)(C)C1CSC=N1. The molecule has 0 fully saturated rings. The third-order valence-corrected chi connectivity index (χ3v) is 7.97. The van der Waals surface area contributed by atoms with Gasteiger partial charge in [0.2, 0.25) is 0 Å². The lowest BCUT2D eigenvalue weighted by Crippen LogP contribution is -2.24. The van der Waals surface area contributed by atoms with Gasteiger partial charge in [-0.2, -0.15) is 0 Å². The molecule has 0 amide bonds. The van der Waals surface area contributed by atoms with Gasteiger partial charge < -0.3 is 0 Å². The Bertz CT molecular complexity index is 527. The van der Waals surface area contributed by atoms with Crippen molar-refractivity contribution in [2.24, 2.45) is 31.2 Å². The van der Waals surface area contributed by atoms with E-state index in [-0.39, 0.29) is 7.43 Å². The molecule has 3 aliphatic heterocycles. The van der Waals surface area contributed by atoms with Gasteiger partial charge in [0.15, 0.2) is 0 Å². The van der Waals surface area contributed by atoms with Gasteiger partial charge in [0.25, 0.3) is 0 Å². The smallest absolute Gasteiger partial charge is 0.0730 e. The van der Waals surface area contributed by atoms with Crippen LogP contribution in [0.15, 0.2) is 15.0 Å². The predicted octanol–water partition coefficient (Wildman–Crippen LogP) is 7.17. The highest BCUT2D eigenvalue weighted by molar-refractivity contribution is 8.14. The van der Waals surface area contributed by atoms with Crippen molar-refractivity contribution >= 4 is 51.4 Å². The summed E-state index contributed by atoms with van der Waals surface area (Å²) in [6.45, 7) is 22.2. The lowest BCUT2D eigenvalue weighted by Gasteiger charge is -2.24. The van der Waals surface area contributed by atoms with Gasteiger partial charge in [-0.15, -0.1) is 35.3 Å². The minimum Gasteiger partial charge on any atom is -0.285 e. The van der Waals surface area contributed by atoms with Crippen LogP contribution in [0, 0.1) is 16.2 Å². The summed E-state index contributed by atoms with van der Waals surface area (Å²) in [6.07, 6.45) is 0. The minimum absolute atomic E-state index is 0. The summed E-state index contributed by atoms with van der Waals surface area (Å²) in [5.74, 6) is 2.36. The van der Waals surface area contributed by atoms with Crippen LogP contribution in [-0.4, -0.2) is 52.0 Å². The van der Waals surface area contributed by atoms with Gasteiger partial charge in [0.1, 0.15) is 0 Å². The summed E-state index contributed by atoms with van der Waals surface area (Å²) in [4.78, 5) is 12.9. The average molecular weight is 446 g/mol. The maximum absolute atomic E-state index is 4.39. The first kappa shape index (κ1) is 28.1.